The lowest BCUT2D eigenvalue weighted by molar-refractivity contribution is -0.129. The van der Waals surface area contributed by atoms with E-state index in [4.69, 9.17) is 0 Å². The Bertz CT molecular complexity index is 347. The Labute approximate surface area is 122 Å². The molecule has 5 nitrogen and oxygen atoms in total. The number of carbonyl (C=O) groups excluding carboxylic acids is 2. The molecule has 1 saturated heterocycles. The summed E-state index contributed by atoms with van der Waals surface area (Å²) in [4.78, 5) is 26.0. The third-order valence-electron chi connectivity index (χ3n) is 4.42. The molecular formula is C15H29N3O2. The highest BCUT2D eigenvalue weighted by molar-refractivity contribution is 5.82. The predicted molar refractivity (Wildman–Crippen MR) is 80.3 cm³/mol. The summed E-state index contributed by atoms with van der Waals surface area (Å²) in [5.74, 6) is 0.294. The molecule has 0 saturated carbocycles. The highest BCUT2D eigenvalue weighted by Crippen LogP contribution is 2.19. The monoisotopic (exact) mass is 283 g/mol. The van der Waals surface area contributed by atoms with Crippen LogP contribution < -0.4 is 10.6 Å². The summed E-state index contributed by atoms with van der Waals surface area (Å²) in [6.07, 6.45) is 2.56. The first kappa shape index (κ1) is 17.0. The van der Waals surface area contributed by atoms with Gasteiger partial charge in [-0.3, -0.25) is 14.5 Å². The van der Waals surface area contributed by atoms with Gasteiger partial charge in [0.05, 0.1) is 6.04 Å². The third kappa shape index (κ3) is 4.47. The van der Waals surface area contributed by atoms with Crippen molar-refractivity contribution < 1.29 is 9.59 Å². The van der Waals surface area contributed by atoms with Crippen LogP contribution in [0.2, 0.25) is 0 Å². The summed E-state index contributed by atoms with van der Waals surface area (Å²) in [6.45, 7) is 9.70. The van der Waals surface area contributed by atoms with E-state index >= 15 is 0 Å². The molecule has 1 aliphatic heterocycles. The molecule has 5 heteroatoms. The van der Waals surface area contributed by atoms with Gasteiger partial charge in [0.1, 0.15) is 0 Å². The van der Waals surface area contributed by atoms with Gasteiger partial charge in [-0.15, -0.1) is 0 Å². The molecule has 0 radical (unpaired) electrons. The number of likely N-dealkylation sites (tertiary alicyclic amines) is 1. The van der Waals surface area contributed by atoms with Gasteiger partial charge in [-0.05, 0) is 53.1 Å². The van der Waals surface area contributed by atoms with E-state index in [1.165, 1.54) is 0 Å². The molecule has 0 aliphatic carbocycles. The maximum Gasteiger partial charge on any atom is 0.237 e. The van der Waals surface area contributed by atoms with Gasteiger partial charge in [0, 0.05) is 18.5 Å². The van der Waals surface area contributed by atoms with E-state index in [1.54, 1.807) is 7.05 Å². The molecule has 1 heterocycles. The summed E-state index contributed by atoms with van der Waals surface area (Å²) in [7, 11) is 1.68. The minimum Gasteiger partial charge on any atom is -0.359 e. The Kier molecular flexibility index (Phi) is 5.99. The zero-order chi connectivity index (χ0) is 15.3. The first-order chi connectivity index (χ1) is 9.30. The van der Waals surface area contributed by atoms with Crippen LogP contribution in [0.1, 0.15) is 47.0 Å². The molecule has 2 amide bonds. The van der Waals surface area contributed by atoms with E-state index in [-0.39, 0.29) is 29.3 Å². The molecule has 0 aromatic carbocycles. The molecule has 1 fully saturated rings. The molecule has 0 aromatic rings. The number of nitrogens with one attached hydrogen (secondary N) is 2. The van der Waals surface area contributed by atoms with Crippen molar-refractivity contribution >= 4 is 11.8 Å². The number of carbonyl (C=O) groups is 2. The Morgan fingerprint density at radius 3 is 2.30 bits per heavy atom. The molecule has 1 atom stereocenters. The molecule has 20 heavy (non-hydrogen) atoms. The summed E-state index contributed by atoms with van der Waals surface area (Å²) in [6, 6.07) is -0.133. The number of rotatable bonds is 5. The van der Waals surface area contributed by atoms with E-state index in [1.807, 2.05) is 20.8 Å². The van der Waals surface area contributed by atoms with E-state index in [2.05, 4.69) is 22.5 Å². The van der Waals surface area contributed by atoms with Gasteiger partial charge < -0.3 is 10.6 Å². The van der Waals surface area contributed by atoms with Crippen molar-refractivity contribution in [1.29, 1.82) is 0 Å². The molecule has 1 rings (SSSR count). The SMILES string of the molecule is CCC(C)(C)NC(=O)C(C)N1CCC(C(=O)NC)CC1. The molecule has 1 unspecified atom stereocenters. The van der Waals surface area contributed by atoms with E-state index < -0.39 is 0 Å². The number of hydrogen-bond acceptors (Lipinski definition) is 3. The second kappa shape index (κ2) is 7.07. The highest BCUT2D eigenvalue weighted by Gasteiger charge is 2.30. The smallest absolute Gasteiger partial charge is 0.237 e. The summed E-state index contributed by atoms with van der Waals surface area (Å²) < 4.78 is 0. The molecule has 0 bridgehead atoms. The van der Waals surface area contributed by atoms with E-state index in [9.17, 15) is 9.59 Å². The van der Waals surface area contributed by atoms with Crippen LogP contribution in [-0.2, 0) is 9.59 Å². The van der Waals surface area contributed by atoms with Gasteiger partial charge >= 0.3 is 0 Å². The highest BCUT2D eigenvalue weighted by atomic mass is 16.2. The molecule has 116 valence electrons. The number of amides is 2. The fraction of sp³-hybridized carbons (Fsp3) is 0.867. The Morgan fingerprint density at radius 1 is 1.30 bits per heavy atom. The zero-order valence-corrected chi connectivity index (χ0v) is 13.5. The van der Waals surface area contributed by atoms with Crippen molar-refractivity contribution in [2.45, 2.75) is 58.5 Å². The van der Waals surface area contributed by atoms with Gasteiger partial charge in [-0.2, -0.15) is 0 Å². The molecule has 1 aliphatic rings. The molecule has 2 N–H and O–H groups in total. The number of piperidine rings is 1. The molecular weight excluding hydrogens is 254 g/mol. The predicted octanol–water partition coefficient (Wildman–Crippen LogP) is 1.14. The maximum atomic E-state index is 12.3. The van der Waals surface area contributed by atoms with E-state index in [0.29, 0.717) is 0 Å². The van der Waals surface area contributed by atoms with Crippen LogP contribution in [0.4, 0.5) is 0 Å². The second-order valence-corrected chi connectivity index (χ2v) is 6.33. The minimum atomic E-state index is -0.161. The largest absolute Gasteiger partial charge is 0.359 e. The lowest BCUT2D eigenvalue weighted by Gasteiger charge is -2.36. The van der Waals surface area contributed by atoms with Crippen molar-refractivity contribution in [2.75, 3.05) is 20.1 Å². The number of hydrogen-bond donors (Lipinski definition) is 2. The van der Waals surface area contributed by atoms with Crippen LogP contribution in [0, 0.1) is 5.92 Å². The van der Waals surface area contributed by atoms with Crippen LogP contribution in [-0.4, -0.2) is 48.4 Å². The standard InChI is InChI=1S/C15H29N3O2/c1-6-15(3,4)17-13(19)11(2)18-9-7-12(8-10-18)14(20)16-5/h11-12H,6-10H2,1-5H3,(H,16,20)(H,17,19). The van der Waals surface area contributed by atoms with Crippen molar-refractivity contribution in [3.63, 3.8) is 0 Å². The number of nitrogens with zero attached hydrogens (tertiary/aromatic N) is 1. The zero-order valence-electron chi connectivity index (χ0n) is 13.5. The lowest BCUT2D eigenvalue weighted by Crippen LogP contribution is -2.54. The third-order valence-corrected chi connectivity index (χ3v) is 4.42. The van der Waals surface area contributed by atoms with Gasteiger partial charge in [-0.1, -0.05) is 6.92 Å². The van der Waals surface area contributed by atoms with E-state index in [0.717, 1.165) is 32.4 Å². The van der Waals surface area contributed by atoms with Crippen LogP contribution in [0.15, 0.2) is 0 Å². The topological polar surface area (TPSA) is 61.4 Å². The Morgan fingerprint density at radius 2 is 1.85 bits per heavy atom. The van der Waals surface area contributed by atoms with Gasteiger partial charge in [0.15, 0.2) is 0 Å². The lowest BCUT2D eigenvalue weighted by atomic mass is 9.94. The Hall–Kier alpha value is -1.10. The molecule has 0 spiro atoms. The van der Waals surface area contributed by atoms with Crippen molar-refractivity contribution in [3.05, 3.63) is 0 Å². The average molecular weight is 283 g/mol. The summed E-state index contributed by atoms with van der Waals surface area (Å²) in [5.41, 5.74) is -0.161. The first-order valence-electron chi connectivity index (χ1n) is 7.58. The fourth-order valence-corrected chi connectivity index (χ4v) is 2.45. The van der Waals surface area contributed by atoms with Crippen LogP contribution in [0.5, 0.6) is 0 Å². The summed E-state index contributed by atoms with van der Waals surface area (Å²) >= 11 is 0. The fourth-order valence-electron chi connectivity index (χ4n) is 2.45. The van der Waals surface area contributed by atoms with Gasteiger partial charge in [-0.25, -0.2) is 0 Å². The summed E-state index contributed by atoms with van der Waals surface area (Å²) in [5, 5.41) is 5.79. The van der Waals surface area contributed by atoms with Crippen molar-refractivity contribution in [3.8, 4) is 0 Å². The maximum absolute atomic E-state index is 12.3. The van der Waals surface area contributed by atoms with Crippen LogP contribution in [0.25, 0.3) is 0 Å². The first-order valence-corrected chi connectivity index (χ1v) is 7.58. The van der Waals surface area contributed by atoms with Crippen molar-refractivity contribution in [1.82, 2.24) is 15.5 Å². The average Bonchev–Trinajstić information content (AvgIpc) is 2.45. The van der Waals surface area contributed by atoms with Crippen LogP contribution >= 0.6 is 0 Å². The Balaban J connectivity index is 2.48. The minimum absolute atomic E-state index is 0.0789. The normalized spacial score (nSPS) is 19.4. The quantitative estimate of drug-likeness (QED) is 0.795. The van der Waals surface area contributed by atoms with Crippen LogP contribution in [0.3, 0.4) is 0 Å². The van der Waals surface area contributed by atoms with Gasteiger partial charge in [0.2, 0.25) is 11.8 Å². The van der Waals surface area contributed by atoms with Crippen molar-refractivity contribution in [2.24, 2.45) is 5.92 Å². The molecule has 0 aromatic heterocycles. The van der Waals surface area contributed by atoms with Gasteiger partial charge in [0.25, 0.3) is 0 Å². The second-order valence-electron chi connectivity index (χ2n) is 6.33.